The van der Waals surface area contributed by atoms with E-state index in [1.165, 1.54) is 5.57 Å². The lowest BCUT2D eigenvalue weighted by atomic mass is 9.87. The van der Waals surface area contributed by atoms with Gasteiger partial charge in [-0.3, -0.25) is 9.69 Å². The van der Waals surface area contributed by atoms with Gasteiger partial charge in [-0.1, -0.05) is 6.08 Å². The standard InChI is InChI=1S/C21H27N3O3/c1-2-26-21(25)19(16-5-10-22-11-6-16)24-12-7-15(8-13-24)18-14-27-20-17(18)4-3-9-23-20/h3-4,7,9,14,16,19,22H,2,5-6,8,10-13H2,1H3. The Morgan fingerprint density at radius 3 is 3.04 bits per heavy atom. The van der Waals surface area contributed by atoms with Gasteiger partial charge < -0.3 is 14.5 Å². The number of fused-ring (bicyclic) bond motifs is 1. The molecule has 1 atom stereocenters. The van der Waals surface area contributed by atoms with Gasteiger partial charge in [-0.15, -0.1) is 0 Å². The maximum atomic E-state index is 12.7. The minimum absolute atomic E-state index is 0.0702. The minimum atomic E-state index is -0.146. The third-order valence-corrected chi connectivity index (χ3v) is 5.69. The van der Waals surface area contributed by atoms with Crippen LogP contribution in [0.25, 0.3) is 16.7 Å². The average Bonchev–Trinajstić information content (AvgIpc) is 3.14. The van der Waals surface area contributed by atoms with Gasteiger partial charge in [-0.05, 0) is 62.9 Å². The Hall–Kier alpha value is -2.18. The first kappa shape index (κ1) is 18.2. The van der Waals surface area contributed by atoms with Crippen molar-refractivity contribution in [3.05, 3.63) is 36.2 Å². The number of hydrogen-bond donors (Lipinski definition) is 1. The summed E-state index contributed by atoms with van der Waals surface area (Å²) in [6.07, 6.45) is 8.71. The van der Waals surface area contributed by atoms with Crippen LogP contribution in [0.1, 0.15) is 31.7 Å². The van der Waals surface area contributed by atoms with E-state index in [4.69, 9.17) is 9.15 Å². The lowest BCUT2D eigenvalue weighted by Crippen LogP contribution is -2.51. The van der Waals surface area contributed by atoms with Crippen LogP contribution in [0.15, 0.2) is 35.1 Å². The molecule has 0 spiro atoms. The van der Waals surface area contributed by atoms with Crippen LogP contribution in [0.4, 0.5) is 0 Å². The Bertz CT molecular complexity index is 823. The van der Waals surface area contributed by atoms with Crippen molar-refractivity contribution in [2.75, 3.05) is 32.8 Å². The molecular formula is C21H27N3O3. The van der Waals surface area contributed by atoms with E-state index < -0.39 is 0 Å². The molecule has 2 aliphatic heterocycles. The summed E-state index contributed by atoms with van der Waals surface area (Å²) in [6.45, 7) is 5.88. The third-order valence-electron chi connectivity index (χ3n) is 5.69. The summed E-state index contributed by atoms with van der Waals surface area (Å²) < 4.78 is 11.0. The van der Waals surface area contributed by atoms with E-state index in [-0.39, 0.29) is 12.0 Å². The summed E-state index contributed by atoms with van der Waals surface area (Å²) >= 11 is 0. The fourth-order valence-electron chi connectivity index (χ4n) is 4.33. The van der Waals surface area contributed by atoms with Gasteiger partial charge in [-0.2, -0.15) is 0 Å². The Balaban J connectivity index is 1.53. The summed E-state index contributed by atoms with van der Waals surface area (Å²) in [4.78, 5) is 19.3. The molecule has 27 heavy (non-hydrogen) atoms. The number of pyridine rings is 1. The molecule has 4 heterocycles. The highest BCUT2D eigenvalue weighted by Crippen LogP contribution is 2.32. The molecule has 2 aliphatic rings. The Morgan fingerprint density at radius 1 is 1.44 bits per heavy atom. The van der Waals surface area contributed by atoms with Crippen LogP contribution in [0.3, 0.4) is 0 Å². The largest absolute Gasteiger partial charge is 0.465 e. The van der Waals surface area contributed by atoms with Crippen molar-refractivity contribution in [2.45, 2.75) is 32.2 Å². The van der Waals surface area contributed by atoms with Crippen molar-refractivity contribution < 1.29 is 13.9 Å². The molecule has 2 aromatic heterocycles. The predicted octanol–water partition coefficient (Wildman–Crippen LogP) is 2.85. The molecule has 0 aliphatic carbocycles. The number of nitrogens with zero attached hydrogens (tertiary/aromatic N) is 2. The van der Waals surface area contributed by atoms with Crippen molar-refractivity contribution in [3.8, 4) is 0 Å². The number of ether oxygens (including phenoxy) is 1. The van der Waals surface area contributed by atoms with Gasteiger partial charge in [0.15, 0.2) is 0 Å². The molecule has 0 aromatic carbocycles. The smallest absolute Gasteiger partial charge is 0.323 e. The molecule has 2 aromatic rings. The van der Waals surface area contributed by atoms with E-state index in [1.807, 2.05) is 19.1 Å². The molecule has 6 nitrogen and oxygen atoms in total. The molecular weight excluding hydrogens is 342 g/mol. The van der Waals surface area contributed by atoms with Gasteiger partial charge in [0.2, 0.25) is 5.71 Å². The highest BCUT2D eigenvalue weighted by atomic mass is 16.5. The van der Waals surface area contributed by atoms with Crippen molar-refractivity contribution in [2.24, 2.45) is 5.92 Å². The maximum Gasteiger partial charge on any atom is 0.323 e. The van der Waals surface area contributed by atoms with Crippen LogP contribution in [-0.2, 0) is 9.53 Å². The van der Waals surface area contributed by atoms with Crippen LogP contribution in [0, 0.1) is 5.92 Å². The van der Waals surface area contributed by atoms with E-state index in [0.717, 1.165) is 56.4 Å². The lowest BCUT2D eigenvalue weighted by Gasteiger charge is -2.38. The predicted molar refractivity (Wildman–Crippen MR) is 104 cm³/mol. The summed E-state index contributed by atoms with van der Waals surface area (Å²) in [7, 11) is 0. The monoisotopic (exact) mass is 369 g/mol. The van der Waals surface area contributed by atoms with Crippen LogP contribution >= 0.6 is 0 Å². The van der Waals surface area contributed by atoms with Crippen LogP contribution in [0.2, 0.25) is 0 Å². The minimum Gasteiger partial charge on any atom is -0.465 e. The highest BCUT2D eigenvalue weighted by molar-refractivity contribution is 5.89. The Morgan fingerprint density at radius 2 is 2.30 bits per heavy atom. The topological polar surface area (TPSA) is 67.6 Å². The van der Waals surface area contributed by atoms with Crippen LogP contribution in [-0.4, -0.2) is 54.7 Å². The second-order valence-electron chi connectivity index (χ2n) is 7.26. The summed E-state index contributed by atoms with van der Waals surface area (Å²) in [5, 5.41) is 4.44. The molecule has 144 valence electrons. The summed E-state index contributed by atoms with van der Waals surface area (Å²) in [5.74, 6) is 0.290. The molecule has 1 saturated heterocycles. The van der Waals surface area contributed by atoms with Crippen molar-refractivity contribution in [1.82, 2.24) is 15.2 Å². The molecule has 0 amide bonds. The Kier molecular flexibility index (Phi) is 5.55. The van der Waals surface area contributed by atoms with E-state index in [2.05, 4.69) is 21.3 Å². The molecule has 1 fully saturated rings. The van der Waals surface area contributed by atoms with E-state index in [1.54, 1.807) is 12.5 Å². The first-order valence-corrected chi connectivity index (χ1v) is 9.91. The number of aromatic nitrogens is 1. The van der Waals surface area contributed by atoms with Gasteiger partial charge in [0.25, 0.3) is 0 Å². The van der Waals surface area contributed by atoms with Gasteiger partial charge in [0, 0.05) is 30.2 Å². The quantitative estimate of drug-likeness (QED) is 0.818. The molecule has 6 heteroatoms. The molecule has 1 N–H and O–H groups in total. The zero-order valence-electron chi connectivity index (χ0n) is 15.8. The van der Waals surface area contributed by atoms with E-state index >= 15 is 0 Å². The Labute approximate surface area is 159 Å². The number of rotatable bonds is 5. The molecule has 0 saturated carbocycles. The first-order valence-electron chi connectivity index (χ1n) is 9.91. The second kappa shape index (κ2) is 8.23. The summed E-state index contributed by atoms with van der Waals surface area (Å²) in [6, 6.07) is 3.84. The highest BCUT2D eigenvalue weighted by Gasteiger charge is 2.36. The van der Waals surface area contributed by atoms with E-state index in [0.29, 0.717) is 18.2 Å². The zero-order valence-corrected chi connectivity index (χ0v) is 15.8. The van der Waals surface area contributed by atoms with Gasteiger partial charge in [0.1, 0.15) is 12.3 Å². The number of piperidine rings is 1. The number of esters is 1. The van der Waals surface area contributed by atoms with Crippen LogP contribution < -0.4 is 5.32 Å². The molecule has 0 bridgehead atoms. The van der Waals surface area contributed by atoms with Crippen molar-refractivity contribution in [3.63, 3.8) is 0 Å². The SMILES string of the molecule is CCOC(=O)C(C1CCNCC1)N1CC=C(c2coc3ncccc23)CC1. The number of furan rings is 1. The number of carbonyl (C=O) groups is 1. The van der Waals surface area contributed by atoms with Crippen LogP contribution in [0.5, 0.6) is 0 Å². The number of nitrogens with one attached hydrogen (secondary N) is 1. The zero-order chi connectivity index (χ0) is 18.6. The fraction of sp³-hybridized carbons (Fsp3) is 0.524. The van der Waals surface area contributed by atoms with Gasteiger partial charge >= 0.3 is 5.97 Å². The van der Waals surface area contributed by atoms with E-state index in [9.17, 15) is 4.79 Å². The average molecular weight is 369 g/mol. The lowest BCUT2D eigenvalue weighted by molar-refractivity contribution is -0.152. The fourth-order valence-corrected chi connectivity index (χ4v) is 4.33. The number of carbonyl (C=O) groups excluding carboxylic acids is 1. The number of hydrogen-bond acceptors (Lipinski definition) is 6. The van der Waals surface area contributed by atoms with Crippen molar-refractivity contribution in [1.29, 1.82) is 0 Å². The molecule has 1 unspecified atom stereocenters. The van der Waals surface area contributed by atoms with Gasteiger partial charge in [0.05, 0.1) is 6.61 Å². The maximum absolute atomic E-state index is 12.7. The normalized spacial score (nSPS) is 20.4. The molecule has 0 radical (unpaired) electrons. The second-order valence-corrected chi connectivity index (χ2v) is 7.26. The van der Waals surface area contributed by atoms with Gasteiger partial charge in [-0.25, -0.2) is 4.98 Å². The first-order chi connectivity index (χ1) is 13.3. The third kappa shape index (κ3) is 3.77. The summed E-state index contributed by atoms with van der Waals surface area (Å²) in [5.41, 5.74) is 3.06. The molecule has 4 rings (SSSR count). The van der Waals surface area contributed by atoms with Crippen molar-refractivity contribution >= 4 is 22.6 Å².